The lowest BCUT2D eigenvalue weighted by Gasteiger charge is -2.05. The summed E-state index contributed by atoms with van der Waals surface area (Å²) >= 11 is 0. The maximum absolute atomic E-state index is 12.0. The van der Waals surface area contributed by atoms with Crippen molar-refractivity contribution in [2.75, 3.05) is 7.11 Å². The molecule has 1 aromatic carbocycles. The van der Waals surface area contributed by atoms with Crippen LogP contribution in [0.2, 0.25) is 0 Å². The van der Waals surface area contributed by atoms with Crippen molar-refractivity contribution in [2.45, 2.75) is 13.1 Å². The summed E-state index contributed by atoms with van der Waals surface area (Å²) in [6.45, 7) is 3.63. The number of benzene rings is 1. The van der Waals surface area contributed by atoms with Crippen molar-refractivity contribution in [1.82, 2.24) is 0 Å². The van der Waals surface area contributed by atoms with Crippen molar-refractivity contribution in [3.8, 4) is 0 Å². The van der Waals surface area contributed by atoms with Crippen LogP contribution in [0.15, 0.2) is 24.3 Å². The van der Waals surface area contributed by atoms with Crippen molar-refractivity contribution in [3.63, 3.8) is 0 Å². The van der Waals surface area contributed by atoms with Crippen LogP contribution in [0.3, 0.4) is 0 Å². The first kappa shape index (κ1) is 16.1. The summed E-state index contributed by atoms with van der Waals surface area (Å²) in [5.41, 5.74) is 0.0392. The lowest BCUT2D eigenvalue weighted by Crippen LogP contribution is -2.04. The second-order valence-corrected chi connectivity index (χ2v) is 2.37. The zero-order valence-corrected chi connectivity index (χ0v) is 8.51. The van der Waals surface area contributed by atoms with Crippen molar-refractivity contribution in [1.29, 1.82) is 0 Å². The highest BCUT2D eigenvalue weighted by Crippen LogP contribution is 2.29. The summed E-state index contributed by atoms with van der Waals surface area (Å²) in [7, 11) is 1.00. The Balaban J connectivity index is 0. The van der Waals surface area contributed by atoms with Gasteiger partial charge in [-0.1, -0.05) is 23.8 Å². The summed E-state index contributed by atoms with van der Waals surface area (Å²) in [6, 6.07) is 5.22. The van der Waals surface area contributed by atoms with Crippen molar-refractivity contribution in [2.24, 2.45) is 0 Å². The van der Waals surface area contributed by atoms with Gasteiger partial charge < -0.3 is 9.90 Å². The normalized spacial score (nSPS) is 9.20. The monoisotopic (exact) mass is 222 g/mol. The van der Waals surface area contributed by atoms with Gasteiger partial charge >= 0.3 is 6.18 Å². The van der Waals surface area contributed by atoms with E-state index in [2.05, 4.69) is 0 Å². The van der Waals surface area contributed by atoms with Crippen LogP contribution in [0.25, 0.3) is 0 Å². The van der Waals surface area contributed by atoms with Crippen molar-refractivity contribution in [3.05, 3.63) is 35.4 Å². The van der Waals surface area contributed by atoms with Gasteiger partial charge in [-0.15, -0.1) is 0 Å². The number of carbonyl (C=O) groups excluding carboxylic acids is 1. The van der Waals surface area contributed by atoms with E-state index in [4.69, 9.17) is 9.90 Å². The third-order valence-corrected chi connectivity index (χ3v) is 1.35. The van der Waals surface area contributed by atoms with Gasteiger partial charge in [0.05, 0.1) is 5.56 Å². The zero-order valence-electron chi connectivity index (χ0n) is 8.51. The van der Waals surface area contributed by atoms with E-state index in [1.54, 1.807) is 13.0 Å². The molecule has 0 fully saturated rings. The van der Waals surface area contributed by atoms with Gasteiger partial charge in [-0.25, -0.2) is 0 Å². The predicted molar refractivity (Wildman–Crippen MR) is 51.4 cm³/mol. The molecule has 0 aliphatic heterocycles. The Kier molecular flexibility index (Phi) is 8.57. The fourth-order valence-electron chi connectivity index (χ4n) is 0.821. The number of hydrogen-bond acceptors (Lipinski definition) is 2. The van der Waals surface area contributed by atoms with Gasteiger partial charge in [0, 0.05) is 7.11 Å². The molecule has 1 N–H and O–H groups in total. The SMILES string of the molecule is C=O.CO.Cc1cccc(C(F)(F)F)c1. The molecule has 0 saturated heterocycles. The van der Waals surface area contributed by atoms with E-state index in [0.29, 0.717) is 5.56 Å². The quantitative estimate of drug-likeness (QED) is 0.732. The Labute approximate surface area is 86.4 Å². The summed E-state index contributed by atoms with van der Waals surface area (Å²) in [6.07, 6.45) is -4.22. The Morgan fingerprint density at radius 1 is 1.20 bits per heavy atom. The second kappa shape index (κ2) is 7.99. The molecule has 0 amide bonds. The highest BCUT2D eigenvalue weighted by atomic mass is 19.4. The third-order valence-electron chi connectivity index (χ3n) is 1.35. The fourth-order valence-corrected chi connectivity index (χ4v) is 0.821. The molecule has 5 heteroatoms. The van der Waals surface area contributed by atoms with Crippen LogP contribution in [0, 0.1) is 6.92 Å². The van der Waals surface area contributed by atoms with Crippen LogP contribution in [0.4, 0.5) is 13.2 Å². The standard InChI is InChI=1S/C8H7F3.CH4O.CH2O/c1-6-3-2-4-7(5-6)8(9,10)11;2*1-2/h2-5H,1H3;2H,1H3;1H2. The number of hydrogen-bond donors (Lipinski definition) is 1. The van der Waals surface area contributed by atoms with Gasteiger partial charge in [0.2, 0.25) is 0 Å². The average molecular weight is 222 g/mol. The highest BCUT2D eigenvalue weighted by molar-refractivity contribution is 5.24. The molecule has 1 rings (SSSR count). The Morgan fingerprint density at radius 3 is 1.93 bits per heavy atom. The molecule has 0 bridgehead atoms. The first-order valence-corrected chi connectivity index (χ1v) is 3.87. The molecule has 0 aliphatic carbocycles. The lowest BCUT2D eigenvalue weighted by atomic mass is 10.1. The van der Waals surface area contributed by atoms with E-state index in [9.17, 15) is 13.2 Å². The van der Waals surface area contributed by atoms with E-state index in [-0.39, 0.29) is 0 Å². The van der Waals surface area contributed by atoms with Crippen LogP contribution < -0.4 is 0 Å². The maximum Gasteiger partial charge on any atom is 0.416 e. The van der Waals surface area contributed by atoms with Crippen LogP contribution in [-0.4, -0.2) is 19.0 Å². The topological polar surface area (TPSA) is 37.3 Å². The van der Waals surface area contributed by atoms with E-state index < -0.39 is 11.7 Å². The lowest BCUT2D eigenvalue weighted by molar-refractivity contribution is -0.137. The highest BCUT2D eigenvalue weighted by Gasteiger charge is 2.29. The van der Waals surface area contributed by atoms with E-state index in [1.165, 1.54) is 6.07 Å². The Hall–Kier alpha value is -1.36. The van der Waals surface area contributed by atoms with Gasteiger partial charge in [-0.2, -0.15) is 13.2 Å². The molecule has 15 heavy (non-hydrogen) atoms. The average Bonchev–Trinajstić information content (AvgIpc) is 2.23. The first-order chi connectivity index (χ1) is 7.00. The summed E-state index contributed by atoms with van der Waals surface area (Å²) in [4.78, 5) is 8.00. The molecule has 0 saturated carbocycles. The first-order valence-electron chi connectivity index (χ1n) is 3.87. The van der Waals surface area contributed by atoms with E-state index >= 15 is 0 Å². The number of halogens is 3. The van der Waals surface area contributed by atoms with Gasteiger partial charge in [-0.3, -0.25) is 0 Å². The molecule has 0 unspecified atom stereocenters. The molecule has 0 heterocycles. The predicted octanol–water partition coefficient (Wildman–Crippen LogP) is 2.44. The van der Waals surface area contributed by atoms with Gasteiger partial charge in [0.1, 0.15) is 6.79 Å². The van der Waals surface area contributed by atoms with Crippen LogP contribution in [0.5, 0.6) is 0 Å². The van der Waals surface area contributed by atoms with Crippen molar-refractivity contribution >= 4 is 6.79 Å². The molecule has 2 nitrogen and oxygen atoms in total. The Morgan fingerprint density at radius 2 is 1.67 bits per heavy atom. The zero-order chi connectivity index (χ0) is 12.5. The summed E-state index contributed by atoms with van der Waals surface area (Å²) in [5, 5.41) is 7.00. The number of rotatable bonds is 0. The molecule has 0 atom stereocenters. The number of carbonyl (C=O) groups is 1. The van der Waals surface area contributed by atoms with Crippen LogP contribution in [-0.2, 0) is 11.0 Å². The summed E-state index contributed by atoms with van der Waals surface area (Å²) < 4.78 is 35.9. The smallest absolute Gasteiger partial charge is 0.400 e. The second-order valence-electron chi connectivity index (χ2n) is 2.37. The van der Waals surface area contributed by atoms with Crippen LogP contribution >= 0.6 is 0 Å². The van der Waals surface area contributed by atoms with Crippen molar-refractivity contribution < 1.29 is 23.1 Å². The van der Waals surface area contributed by atoms with Crippen LogP contribution in [0.1, 0.15) is 11.1 Å². The molecular weight excluding hydrogens is 209 g/mol. The molecule has 0 aliphatic rings. The molecular formula is C10H13F3O2. The van der Waals surface area contributed by atoms with E-state index in [1.807, 2.05) is 6.79 Å². The third kappa shape index (κ3) is 6.68. The number of aliphatic hydroxyl groups excluding tert-OH is 1. The Bertz CT molecular complexity index is 272. The molecule has 0 radical (unpaired) electrons. The fraction of sp³-hybridized carbons (Fsp3) is 0.300. The molecule has 0 spiro atoms. The largest absolute Gasteiger partial charge is 0.416 e. The number of aliphatic hydroxyl groups is 1. The van der Waals surface area contributed by atoms with Gasteiger partial charge in [-0.05, 0) is 13.0 Å². The molecule has 0 aromatic heterocycles. The maximum atomic E-state index is 12.0. The number of aryl methyl sites for hydroxylation is 1. The van der Waals surface area contributed by atoms with Gasteiger partial charge in [0.25, 0.3) is 0 Å². The number of alkyl halides is 3. The minimum Gasteiger partial charge on any atom is -0.400 e. The molecule has 86 valence electrons. The molecule has 1 aromatic rings. The minimum atomic E-state index is -4.22. The minimum absolute atomic E-state index is 0.586. The van der Waals surface area contributed by atoms with Gasteiger partial charge in [0.15, 0.2) is 0 Å². The summed E-state index contributed by atoms with van der Waals surface area (Å²) in [5.74, 6) is 0. The van der Waals surface area contributed by atoms with E-state index in [0.717, 1.165) is 19.2 Å².